The minimum Gasteiger partial charge on any atom is -0.308 e. The topological polar surface area (TPSA) is 46.0 Å². The number of rotatable bonds is 6. The predicted molar refractivity (Wildman–Crippen MR) is 83.6 cm³/mol. The third-order valence-electron chi connectivity index (χ3n) is 3.19. The summed E-state index contributed by atoms with van der Waals surface area (Å²) >= 11 is 3.61. The highest BCUT2D eigenvalue weighted by Gasteiger charge is 2.20. The third-order valence-corrected chi connectivity index (χ3v) is 3.80. The fourth-order valence-electron chi connectivity index (χ4n) is 2.15. The van der Waals surface area contributed by atoms with E-state index in [0.29, 0.717) is 0 Å². The van der Waals surface area contributed by atoms with Gasteiger partial charge in [-0.15, -0.1) is 0 Å². The molecule has 2 rings (SSSR count). The molecule has 108 valence electrons. The highest BCUT2D eigenvalue weighted by atomic mass is 79.9. The van der Waals surface area contributed by atoms with Crippen molar-refractivity contribution >= 4 is 15.9 Å². The Morgan fingerprint density at radius 1 is 1.35 bits per heavy atom. The first-order chi connectivity index (χ1) is 9.63. The number of nitrogens with one attached hydrogen (secondary N) is 1. The molecule has 20 heavy (non-hydrogen) atoms. The summed E-state index contributed by atoms with van der Waals surface area (Å²) in [4.78, 5) is 6.23. The fourth-order valence-corrected chi connectivity index (χ4v) is 2.67. The number of hydrogen-bond donors (Lipinski definition) is 1. The minimum absolute atomic E-state index is 0.0945. The van der Waals surface area contributed by atoms with Gasteiger partial charge in [-0.25, -0.2) is 0 Å². The average molecular weight is 338 g/mol. The lowest BCUT2D eigenvalue weighted by Gasteiger charge is -2.20. The number of nitrogens with zero attached hydrogens (tertiary/aromatic N) is 4. The summed E-state index contributed by atoms with van der Waals surface area (Å²) in [6.45, 7) is 1.81. The summed E-state index contributed by atoms with van der Waals surface area (Å²) in [5, 5.41) is 7.83. The van der Waals surface area contributed by atoms with Gasteiger partial charge in [0.05, 0.1) is 29.0 Å². The molecule has 6 heteroatoms. The van der Waals surface area contributed by atoms with E-state index in [-0.39, 0.29) is 6.04 Å². The summed E-state index contributed by atoms with van der Waals surface area (Å²) in [7, 11) is 6.09. The van der Waals surface area contributed by atoms with Gasteiger partial charge in [-0.2, -0.15) is 5.10 Å². The van der Waals surface area contributed by atoms with Gasteiger partial charge in [0.2, 0.25) is 0 Å². The van der Waals surface area contributed by atoms with Crippen LogP contribution in [0, 0.1) is 0 Å². The Balaban J connectivity index is 2.32. The van der Waals surface area contributed by atoms with Crippen LogP contribution in [0.1, 0.15) is 17.3 Å². The fraction of sp³-hybridized carbons (Fsp3) is 0.429. The summed E-state index contributed by atoms with van der Waals surface area (Å²) < 4.78 is 3.07. The normalized spacial score (nSPS) is 12.8. The van der Waals surface area contributed by atoms with Gasteiger partial charge in [0, 0.05) is 18.9 Å². The first-order valence-electron chi connectivity index (χ1n) is 6.56. The summed E-state index contributed by atoms with van der Waals surface area (Å²) in [6.07, 6.45) is 5.48. The molecule has 0 aliphatic heterocycles. The van der Waals surface area contributed by atoms with Gasteiger partial charge in [-0.3, -0.25) is 9.67 Å². The van der Waals surface area contributed by atoms with Crippen LogP contribution in [0.3, 0.4) is 0 Å². The molecule has 5 nitrogen and oxygen atoms in total. The van der Waals surface area contributed by atoms with E-state index in [0.717, 1.165) is 23.3 Å². The molecule has 2 heterocycles. The van der Waals surface area contributed by atoms with E-state index < -0.39 is 0 Å². The van der Waals surface area contributed by atoms with E-state index in [4.69, 9.17) is 0 Å². The molecule has 1 unspecified atom stereocenters. The van der Waals surface area contributed by atoms with Crippen LogP contribution in [0.4, 0.5) is 0 Å². The number of likely N-dealkylation sites (N-methyl/N-ethyl adjacent to an activating group) is 1. The molecule has 0 amide bonds. The summed E-state index contributed by atoms with van der Waals surface area (Å²) in [6, 6.07) is 4.14. The Hall–Kier alpha value is -1.24. The van der Waals surface area contributed by atoms with Crippen molar-refractivity contribution < 1.29 is 0 Å². The molecule has 0 spiro atoms. The predicted octanol–water partition coefficient (Wildman–Crippen LogP) is 1.91. The molecule has 0 aliphatic rings. The number of pyridine rings is 1. The van der Waals surface area contributed by atoms with Crippen molar-refractivity contribution in [3.05, 3.63) is 46.5 Å². The molecule has 0 saturated carbocycles. The van der Waals surface area contributed by atoms with Gasteiger partial charge < -0.3 is 10.2 Å². The largest absolute Gasteiger partial charge is 0.308 e. The second kappa shape index (κ2) is 6.97. The smallest absolute Gasteiger partial charge is 0.0758 e. The van der Waals surface area contributed by atoms with Crippen LogP contribution in [-0.2, 0) is 6.54 Å². The summed E-state index contributed by atoms with van der Waals surface area (Å²) in [5.74, 6) is 0. The highest BCUT2D eigenvalue weighted by molar-refractivity contribution is 9.10. The molecule has 1 atom stereocenters. The number of aromatic nitrogens is 3. The standard InChI is InChI=1S/C14H20BrN5/c1-16-13(11-4-6-17-7-5-11)14-12(15)10-18-20(14)9-8-19(2)3/h4-7,10,13,16H,8-9H2,1-3H3. The zero-order chi connectivity index (χ0) is 14.5. The molecule has 0 aromatic carbocycles. The molecular formula is C14H20BrN5. The maximum Gasteiger partial charge on any atom is 0.0758 e. The van der Waals surface area contributed by atoms with Crippen LogP contribution in [0.2, 0.25) is 0 Å². The van der Waals surface area contributed by atoms with Crippen LogP contribution in [0.25, 0.3) is 0 Å². The van der Waals surface area contributed by atoms with Gasteiger partial charge in [-0.05, 0) is 54.8 Å². The monoisotopic (exact) mass is 337 g/mol. The molecule has 0 saturated heterocycles. The molecule has 0 fully saturated rings. The molecular weight excluding hydrogens is 318 g/mol. The van der Waals surface area contributed by atoms with Gasteiger partial charge in [0.25, 0.3) is 0 Å². The maximum absolute atomic E-state index is 4.47. The molecule has 0 bridgehead atoms. The van der Waals surface area contributed by atoms with Gasteiger partial charge in [0.15, 0.2) is 0 Å². The molecule has 0 aliphatic carbocycles. The molecule has 1 N–H and O–H groups in total. The van der Waals surface area contributed by atoms with Gasteiger partial charge >= 0.3 is 0 Å². The van der Waals surface area contributed by atoms with Crippen LogP contribution in [0.15, 0.2) is 35.2 Å². The van der Waals surface area contributed by atoms with E-state index in [1.54, 1.807) is 0 Å². The van der Waals surface area contributed by atoms with Crippen molar-refractivity contribution in [2.24, 2.45) is 0 Å². The maximum atomic E-state index is 4.47. The Labute approximate surface area is 128 Å². The SMILES string of the molecule is CNC(c1ccncc1)c1c(Br)cnn1CCN(C)C. The number of hydrogen-bond acceptors (Lipinski definition) is 4. The van der Waals surface area contributed by atoms with Crippen molar-refractivity contribution in [1.29, 1.82) is 0 Å². The van der Waals surface area contributed by atoms with Gasteiger partial charge in [0.1, 0.15) is 0 Å². The van der Waals surface area contributed by atoms with Crippen LogP contribution >= 0.6 is 15.9 Å². The van der Waals surface area contributed by atoms with Crippen LogP contribution < -0.4 is 5.32 Å². The first-order valence-corrected chi connectivity index (χ1v) is 7.36. The zero-order valence-electron chi connectivity index (χ0n) is 12.0. The van der Waals surface area contributed by atoms with E-state index in [1.165, 1.54) is 5.56 Å². The minimum atomic E-state index is 0.0945. The zero-order valence-corrected chi connectivity index (χ0v) is 13.6. The Morgan fingerprint density at radius 2 is 2.05 bits per heavy atom. The van der Waals surface area contributed by atoms with E-state index in [2.05, 4.69) is 50.3 Å². The lowest BCUT2D eigenvalue weighted by atomic mass is 10.1. The molecule has 2 aromatic rings. The molecule has 0 radical (unpaired) electrons. The quantitative estimate of drug-likeness (QED) is 0.874. The molecule has 2 aromatic heterocycles. The van der Waals surface area contributed by atoms with Crippen LogP contribution in [0.5, 0.6) is 0 Å². The second-order valence-electron chi connectivity index (χ2n) is 4.91. The summed E-state index contributed by atoms with van der Waals surface area (Å²) in [5.41, 5.74) is 2.32. The number of halogens is 1. The van der Waals surface area contributed by atoms with Crippen molar-refractivity contribution in [2.45, 2.75) is 12.6 Å². The lowest BCUT2D eigenvalue weighted by Crippen LogP contribution is -2.25. The highest BCUT2D eigenvalue weighted by Crippen LogP contribution is 2.28. The second-order valence-corrected chi connectivity index (χ2v) is 5.76. The average Bonchev–Trinajstić information content (AvgIpc) is 2.80. The van der Waals surface area contributed by atoms with Crippen molar-refractivity contribution in [3.63, 3.8) is 0 Å². The van der Waals surface area contributed by atoms with Gasteiger partial charge in [-0.1, -0.05) is 0 Å². The Morgan fingerprint density at radius 3 is 2.65 bits per heavy atom. The Kier molecular flexibility index (Phi) is 5.28. The van der Waals surface area contributed by atoms with Crippen molar-refractivity contribution in [1.82, 2.24) is 25.0 Å². The van der Waals surface area contributed by atoms with E-state index >= 15 is 0 Å². The first kappa shape index (κ1) is 15.2. The third kappa shape index (κ3) is 3.45. The van der Waals surface area contributed by atoms with Crippen molar-refractivity contribution in [2.75, 3.05) is 27.7 Å². The van der Waals surface area contributed by atoms with E-state index in [1.807, 2.05) is 42.5 Å². The lowest BCUT2D eigenvalue weighted by molar-refractivity contribution is 0.366. The Bertz CT molecular complexity index is 538. The van der Waals surface area contributed by atoms with Crippen molar-refractivity contribution in [3.8, 4) is 0 Å². The van der Waals surface area contributed by atoms with Crippen LogP contribution in [-0.4, -0.2) is 47.4 Å². The van der Waals surface area contributed by atoms with E-state index in [9.17, 15) is 0 Å².